The lowest BCUT2D eigenvalue weighted by Crippen LogP contribution is -2.28. The minimum Gasteiger partial charge on any atom is -0.395 e. The summed E-state index contributed by atoms with van der Waals surface area (Å²) in [5.74, 6) is 0.884. The second-order valence-electron chi connectivity index (χ2n) is 5.88. The van der Waals surface area contributed by atoms with E-state index in [1.807, 2.05) is 24.3 Å². The molecule has 0 fully saturated rings. The average molecular weight is 336 g/mol. The van der Waals surface area contributed by atoms with E-state index in [0.29, 0.717) is 11.1 Å². The van der Waals surface area contributed by atoms with Crippen LogP contribution >= 0.6 is 11.6 Å². The lowest BCUT2D eigenvalue weighted by Gasteiger charge is -2.20. The van der Waals surface area contributed by atoms with Crippen LogP contribution in [0.15, 0.2) is 30.3 Å². The van der Waals surface area contributed by atoms with Gasteiger partial charge < -0.3 is 15.3 Å². The monoisotopic (exact) mass is 335 g/mol. The third-order valence-electron chi connectivity index (χ3n) is 4.02. The Morgan fingerprint density at radius 2 is 2.04 bits per heavy atom. The van der Waals surface area contributed by atoms with E-state index in [-0.39, 0.29) is 6.61 Å². The number of aliphatic hydroxyl groups is 1. The minimum absolute atomic E-state index is 0.227. The first-order valence-electron chi connectivity index (χ1n) is 8.28. The number of pyridine rings is 1. The molecular weight excluding hydrogens is 310 g/mol. The number of hydrogen-bond donors (Lipinski definition) is 2. The number of likely N-dealkylation sites (N-methyl/N-ethyl adjacent to an activating group) is 1. The lowest BCUT2D eigenvalue weighted by atomic mass is 10.1. The fourth-order valence-electron chi connectivity index (χ4n) is 2.69. The van der Waals surface area contributed by atoms with Gasteiger partial charge in [-0.3, -0.25) is 0 Å². The first kappa shape index (κ1) is 18.0. The van der Waals surface area contributed by atoms with Crippen LogP contribution in [0, 0.1) is 0 Å². The van der Waals surface area contributed by atoms with Gasteiger partial charge in [-0.25, -0.2) is 4.98 Å². The van der Waals surface area contributed by atoms with E-state index in [2.05, 4.69) is 35.1 Å². The van der Waals surface area contributed by atoms with E-state index in [0.717, 1.165) is 49.2 Å². The molecule has 0 spiro atoms. The predicted molar refractivity (Wildman–Crippen MR) is 98.3 cm³/mol. The van der Waals surface area contributed by atoms with Gasteiger partial charge in [-0.15, -0.1) is 0 Å². The van der Waals surface area contributed by atoms with Crippen molar-refractivity contribution in [2.75, 3.05) is 31.6 Å². The van der Waals surface area contributed by atoms with Crippen LogP contribution in [0.2, 0.25) is 5.02 Å². The third kappa shape index (κ3) is 5.65. The van der Waals surface area contributed by atoms with E-state index in [9.17, 15) is 0 Å². The van der Waals surface area contributed by atoms with Crippen LogP contribution in [0.1, 0.15) is 26.7 Å². The molecule has 0 aliphatic carbocycles. The minimum atomic E-state index is 0.227. The van der Waals surface area contributed by atoms with Crippen molar-refractivity contribution in [2.45, 2.75) is 32.7 Å². The van der Waals surface area contributed by atoms with Crippen LogP contribution in [0.5, 0.6) is 0 Å². The molecule has 0 bridgehead atoms. The van der Waals surface area contributed by atoms with E-state index in [4.69, 9.17) is 16.7 Å². The van der Waals surface area contributed by atoms with Gasteiger partial charge in [0.2, 0.25) is 0 Å². The number of aliphatic hydroxyl groups excluding tert-OH is 1. The number of hydrogen-bond acceptors (Lipinski definition) is 4. The van der Waals surface area contributed by atoms with E-state index in [1.54, 1.807) is 0 Å². The highest BCUT2D eigenvalue weighted by Crippen LogP contribution is 2.20. The summed E-state index contributed by atoms with van der Waals surface area (Å²) >= 11 is 6.03. The number of halogens is 1. The number of nitrogens with zero attached hydrogens (tertiary/aromatic N) is 2. The zero-order valence-electron chi connectivity index (χ0n) is 13.9. The molecule has 1 atom stereocenters. The van der Waals surface area contributed by atoms with Gasteiger partial charge in [0.1, 0.15) is 5.82 Å². The quantitative estimate of drug-likeness (QED) is 0.732. The SMILES string of the molecule is CCN(CCO)CCCC(C)Nc1ccc2ccc(Cl)cc2n1. The molecule has 0 aliphatic heterocycles. The van der Waals surface area contributed by atoms with Gasteiger partial charge in [0.25, 0.3) is 0 Å². The Morgan fingerprint density at radius 3 is 2.78 bits per heavy atom. The van der Waals surface area contributed by atoms with Crippen LogP contribution in [-0.2, 0) is 0 Å². The number of aromatic nitrogens is 1. The molecule has 1 aromatic carbocycles. The summed E-state index contributed by atoms with van der Waals surface area (Å²) in [6.45, 7) is 7.28. The highest BCUT2D eigenvalue weighted by atomic mass is 35.5. The molecule has 1 unspecified atom stereocenters. The maximum absolute atomic E-state index is 9.01. The lowest BCUT2D eigenvalue weighted by molar-refractivity contribution is 0.199. The predicted octanol–water partition coefficient (Wildman–Crippen LogP) is 3.78. The first-order chi connectivity index (χ1) is 11.1. The molecule has 0 amide bonds. The summed E-state index contributed by atoms with van der Waals surface area (Å²) in [7, 11) is 0. The number of benzene rings is 1. The Morgan fingerprint density at radius 1 is 1.26 bits per heavy atom. The second-order valence-corrected chi connectivity index (χ2v) is 6.32. The van der Waals surface area contributed by atoms with Gasteiger partial charge in [0.15, 0.2) is 0 Å². The zero-order chi connectivity index (χ0) is 16.7. The van der Waals surface area contributed by atoms with Crippen LogP contribution < -0.4 is 5.32 Å². The Labute approximate surface area is 143 Å². The average Bonchev–Trinajstić information content (AvgIpc) is 2.53. The Kier molecular flexibility index (Phi) is 7.09. The molecule has 0 aliphatic rings. The molecule has 4 nitrogen and oxygen atoms in total. The largest absolute Gasteiger partial charge is 0.395 e. The van der Waals surface area contributed by atoms with Crippen LogP contribution in [-0.4, -0.2) is 47.3 Å². The summed E-state index contributed by atoms with van der Waals surface area (Å²) < 4.78 is 0. The van der Waals surface area contributed by atoms with E-state index >= 15 is 0 Å². The zero-order valence-corrected chi connectivity index (χ0v) is 14.7. The molecule has 126 valence electrons. The molecule has 0 saturated heterocycles. The topological polar surface area (TPSA) is 48.4 Å². The molecule has 1 heterocycles. The summed E-state index contributed by atoms with van der Waals surface area (Å²) in [5, 5.41) is 14.3. The van der Waals surface area contributed by atoms with Gasteiger partial charge in [-0.2, -0.15) is 0 Å². The van der Waals surface area contributed by atoms with Crippen LogP contribution in [0.4, 0.5) is 5.82 Å². The van der Waals surface area contributed by atoms with Gasteiger partial charge >= 0.3 is 0 Å². The number of rotatable bonds is 9. The molecule has 0 radical (unpaired) electrons. The Bertz CT molecular complexity index is 620. The second kappa shape index (κ2) is 9.06. The molecule has 5 heteroatoms. The normalized spacial score (nSPS) is 12.7. The van der Waals surface area contributed by atoms with Crippen molar-refractivity contribution >= 4 is 28.3 Å². The maximum atomic E-state index is 9.01. The van der Waals surface area contributed by atoms with Crippen molar-refractivity contribution in [3.05, 3.63) is 35.4 Å². The van der Waals surface area contributed by atoms with Crippen molar-refractivity contribution in [3.63, 3.8) is 0 Å². The van der Waals surface area contributed by atoms with Crippen LogP contribution in [0.25, 0.3) is 10.9 Å². The van der Waals surface area contributed by atoms with Gasteiger partial charge in [0.05, 0.1) is 12.1 Å². The Hall–Kier alpha value is -1.36. The van der Waals surface area contributed by atoms with Gasteiger partial charge in [-0.1, -0.05) is 24.6 Å². The molecule has 2 rings (SSSR count). The summed E-state index contributed by atoms with van der Waals surface area (Å²) in [4.78, 5) is 6.89. The standard InChI is InChI=1S/C18H26ClN3O/c1-3-22(11-12-23)10-4-5-14(2)20-18-9-7-15-6-8-16(19)13-17(15)21-18/h6-9,13-14,23H,3-5,10-12H2,1-2H3,(H,20,21). The van der Waals surface area contributed by atoms with Crippen molar-refractivity contribution < 1.29 is 5.11 Å². The number of fused-ring (bicyclic) bond motifs is 1. The van der Waals surface area contributed by atoms with Gasteiger partial charge in [-0.05, 0) is 57.1 Å². The van der Waals surface area contributed by atoms with E-state index in [1.165, 1.54) is 0 Å². The van der Waals surface area contributed by atoms with Crippen molar-refractivity contribution in [3.8, 4) is 0 Å². The Balaban J connectivity index is 1.86. The molecule has 2 aromatic rings. The fourth-order valence-corrected chi connectivity index (χ4v) is 2.85. The highest BCUT2D eigenvalue weighted by molar-refractivity contribution is 6.31. The maximum Gasteiger partial charge on any atom is 0.126 e. The summed E-state index contributed by atoms with van der Waals surface area (Å²) in [5.41, 5.74) is 0.912. The number of anilines is 1. The van der Waals surface area contributed by atoms with Gasteiger partial charge in [0, 0.05) is 23.0 Å². The highest BCUT2D eigenvalue weighted by Gasteiger charge is 2.06. The molecule has 1 aromatic heterocycles. The summed E-state index contributed by atoms with van der Waals surface area (Å²) in [6.07, 6.45) is 2.17. The molecule has 0 saturated carbocycles. The summed E-state index contributed by atoms with van der Waals surface area (Å²) in [6, 6.07) is 10.2. The van der Waals surface area contributed by atoms with Crippen molar-refractivity contribution in [1.82, 2.24) is 9.88 Å². The molecular formula is C18H26ClN3O. The smallest absolute Gasteiger partial charge is 0.126 e. The number of nitrogens with one attached hydrogen (secondary N) is 1. The molecule has 2 N–H and O–H groups in total. The van der Waals surface area contributed by atoms with E-state index < -0.39 is 0 Å². The third-order valence-corrected chi connectivity index (χ3v) is 4.26. The first-order valence-corrected chi connectivity index (χ1v) is 8.66. The molecule has 23 heavy (non-hydrogen) atoms. The fraction of sp³-hybridized carbons (Fsp3) is 0.500. The van der Waals surface area contributed by atoms with Crippen molar-refractivity contribution in [1.29, 1.82) is 0 Å². The van der Waals surface area contributed by atoms with Crippen LogP contribution in [0.3, 0.4) is 0 Å². The van der Waals surface area contributed by atoms with Crippen molar-refractivity contribution in [2.24, 2.45) is 0 Å².